The molecule has 0 aromatic heterocycles. The molecule has 2 N–H and O–H groups in total. The Hall–Kier alpha value is -4.28. The summed E-state index contributed by atoms with van der Waals surface area (Å²) < 4.78 is 16.1. The Bertz CT molecular complexity index is 1180. The average Bonchev–Trinajstić information content (AvgIpc) is 3.35. The number of ether oxygens (including phenoxy) is 3. The minimum atomic E-state index is -0.619. The van der Waals surface area contributed by atoms with Crippen molar-refractivity contribution in [2.24, 2.45) is 4.99 Å². The van der Waals surface area contributed by atoms with Crippen LogP contribution in [0.3, 0.4) is 0 Å². The number of methoxy groups -OCH3 is 2. The smallest absolute Gasteiger partial charge is 0.328 e. The number of aliphatic imine (C=N–C) groups is 1. The summed E-state index contributed by atoms with van der Waals surface area (Å²) in [6.07, 6.45) is 0.0478. The molecule has 2 aliphatic rings. The topological polar surface area (TPSA) is 122 Å². The van der Waals surface area contributed by atoms with E-state index >= 15 is 0 Å². The number of rotatable bonds is 9. The first-order chi connectivity index (χ1) is 17.3. The van der Waals surface area contributed by atoms with Gasteiger partial charge in [-0.2, -0.15) is 0 Å². The van der Waals surface area contributed by atoms with E-state index in [1.165, 1.54) is 11.9 Å². The molecule has 36 heavy (non-hydrogen) atoms. The molecular weight excluding hydrogens is 466 g/mol. The highest BCUT2D eigenvalue weighted by molar-refractivity contribution is 6.08. The fraction of sp³-hybridized carbons (Fsp3) is 0.360. The lowest BCUT2D eigenvalue weighted by Crippen LogP contribution is -2.63. The van der Waals surface area contributed by atoms with Gasteiger partial charge >= 0.3 is 6.03 Å². The Kier molecular flexibility index (Phi) is 7.28. The van der Waals surface area contributed by atoms with Crippen LogP contribution in [0.25, 0.3) is 0 Å². The Morgan fingerprint density at radius 1 is 1.06 bits per heavy atom. The van der Waals surface area contributed by atoms with Crippen molar-refractivity contribution in [3.63, 3.8) is 0 Å². The zero-order valence-electron chi connectivity index (χ0n) is 20.6. The standard InChI is InChI=1S/C25H29N5O6/c1-29-23-21(24(32)30(2)25(29)33)27-22(28-23)16-6-8-17(9-7-16)36-14-20(31)26-12-11-15-5-10-18(34-3)19(13-15)35-4/h5-10,13,21,23H,11-12,14H2,1-4H3,(H,26,31)(H,27,28). The van der Waals surface area contributed by atoms with Crippen LogP contribution in [0.2, 0.25) is 0 Å². The van der Waals surface area contributed by atoms with Crippen molar-refractivity contribution in [3.8, 4) is 17.2 Å². The molecule has 4 amide bonds. The Balaban J connectivity index is 1.26. The van der Waals surface area contributed by atoms with Gasteiger partial charge in [0.15, 0.2) is 24.3 Å². The Morgan fingerprint density at radius 2 is 1.78 bits per heavy atom. The number of nitrogens with zero attached hydrogens (tertiary/aromatic N) is 3. The maximum atomic E-state index is 12.4. The van der Waals surface area contributed by atoms with Gasteiger partial charge in [0, 0.05) is 26.2 Å². The molecule has 2 heterocycles. The monoisotopic (exact) mass is 495 g/mol. The van der Waals surface area contributed by atoms with Gasteiger partial charge < -0.3 is 29.7 Å². The van der Waals surface area contributed by atoms with Crippen LogP contribution >= 0.6 is 0 Å². The summed E-state index contributed by atoms with van der Waals surface area (Å²) in [4.78, 5) is 43.8. The van der Waals surface area contributed by atoms with Gasteiger partial charge in [-0.25, -0.2) is 9.79 Å². The number of hydrogen-bond acceptors (Lipinski definition) is 8. The van der Waals surface area contributed by atoms with Crippen LogP contribution in [0.4, 0.5) is 4.79 Å². The summed E-state index contributed by atoms with van der Waals surface area (Å²) in [5.41, 5.74) is 1.75. The summed E-state index contributed by atoms with van der Waals surface area (Å²) in [5.74, 6) is 1.79. The van der Waals surface area contributed by atoms with Crippen LogP contribution in [0.1, 0.15) is 11.1 Å². The van der Waals surface area contributed by atoms with E-state index < -0.39 is 12.2 Å². The number of imide groups is 1. The molecule has 0 spiro atoms. The number of fused-ring (bicyclic) bond motifs is 1. The third kappa shape index (κ3) is 5.04. The molecular formula is C25H29N5O6. The fourth-order valence-corrected chi connectivity index (χ4v) is 4.07. The molecule has 0 saturated carbocycles. The summed E-state index contributed by atoms with van der Waals surface area (Å²) in [6.45, 7) is 0.331. The molecule has 2 aromatic rings. The number of hydrogen-bond donors (Lipinski definition) is 2. The molecule has 11 nitrogen and oxygen atoms in total. The van der Waals surface area contributed by atoms with Crippen molar-refractivity contribution in [2.75, 3.05) is 41.5 Å². The number of amidine groups is 1. The number of likely N-dealkylation sites (N-methyl/N-ethyl adjacent to an activating group) is 2. The van der Waals surface area contributed by atoms with E-state index in [1.807, 2.05) is 18.2 Å². The maximum Gasteiger partial charge on any atom is 0.328 e. The van der Waals surface area contributed by atoms with E-state index in [0.717, 1.165) is 16.0 Å². The molecule has 2 aromatic carbocycles. The third-order valence-electron chi connectivity index (χ3n) is 6.12. The highest BCUT2D eigenvalue weighted by Crippen LogP contribution is 2.27. The first-order valence-electron chi connectivity index (χ1n) is 11.4. The largest absolute Gasteiger partial charge is 0.493 e. The van der Waals surface area contributed by atoms with E-state index in [-0.39, 0.29) is 24.5 Å². The number of amides is 4. The second-order valence-electron chi connectivity index (χ2n) is 8.41. The lowest BCUT2D eigenvalue weighted by Gasteiger charge is -2.36. The first kappa shape index (κ1) is 24.8. The number of carbonyl (C=O) groups is 3. The van der Waals surface area contributed by atoms with Crippen LogP contribution < -0.4 is 24.8 Å². The van der Waals surface area contributed by atoms with E-state index in [9.17, 15) is 14.4 Å². The van der Waals surface area contributed by atoms with Crippen LogP contribution in [-0.2, 0) is 16.0 Å². The minimum Gasteiger partial charge on any atom is -0.493 e. The number of urea groups is 1. The van der Waals surface area contributed by atoms with Gasteiger partial charge in [-0.15, -0.1) is 0 Å². The molecule has 0 bridgehead atoms. The summed E-state index contributed by atoms with van der Waals surface area (Å²) in [6, 6.07) is 11.6. The highest BCUT2D eigenvalue weighted by Gasteiger charge is 2.46. The van der Waals surface area contributed by atoms with E-state index in [4.69, 9.17) is 14.2 Å². The molecule has 0 radical (unpaired) electrons. The predicted octanol–water partition coefficient (Wildman–Crippen LogP) is 1.01. The van der Waals surface area contributed by atoms with Crippen LogP contribution in [-0.4, -0.2) is 87.2 Å². The van der Waals surface area contributed by atoms with Crippen molar-refractivity contribution >= 4 is 23.7 Å². The number of carbonyl (C=O) groups excluding carboxylic acids is 3. The van der Waals surface area contributed by atoms with E-state index in [2.05, 4.69) is 15.6 Å². The predicted molar refractivity (Wildman–Crippen MR) is 131 cm³/mol. The molecule has 2 atom stereocenters. The molecule has 1 fully saturated rings. The van der Waals surface area contributed by atoms with E-state index in [0.29, 0.717) is 36.0 Å². The SMILES string of the molecule is COc1ccc(CCNC(=O)COc2ccc(C3=NC4C(N3)C(=O)N(C)C(=O)N4C)cc2)cc1OC. The second kappa shape index (κ2) is 10.5. The van der Waals surface area contributed by atoms with Crippen LogP contribution in [0.5, 0.6) is 17.2 Å². The zero-order valence-corrected chi connectivity index (χ0v) is 20.6. The summed E-state index contributed by atoms with van der Waals surface area (Å²) in [5, 5.41) is 5.94. The Labute approximate surface area is 209 Å². The van der Waals surface area contributed by atoms with Crippen LogP contribution in [0, 0.1) is 0 Å². The fourth-order valence-electron chi connectivity index (χ4n) is 4.07. The van der Waals surface area contributed by atoms with Crippen molar-refractivity contribution in [1.82, 2.24) is 20.4 Å². The molecule has 11 heteroatoms. The highest BCUT2D eigenvalue weighted by atomic mass is 16.5. The molecule has 2 aliphatic heterocycles. The normalized spacial score (nSPS) is 18.8. The second-order valence-corrected chi connectivity index (χ2v) is 8.41. The molecule has 2 unspecified atom stereocenters. The van der Waals surface area contributed by atoms with Gasteiger partial charge in [0.2, 0.25) is 0 Å². The van der Waals surface area contributed by atoms with Gasteiger partial charge in [-0.3, -0.25) is 14.5 Å². The van der Waals surface area contributed by atoms with Gasteiger partial charge in [0.1, 0.15) is 17.6 Å². The summed E-state index contributed by atoms with van der Waals surface area (Å²) in [7, 11) is 6.24. The van der Waals surface area contributed by atoms with Gasteiger partial charge in [-0.05, 0) is 48.4 Å². The molecule has 4 rings (SSSR count). The van der Waals surface area contributed by atoms with Gasteiger partial charge in [-0.1, -0.05) is 6.07 Å². The number of benzene rings is 2. The van der Waals surface area contributed by atoms with Crippen molar-refractivity contribution in [3.05, 3.63) is 53.6 Å². The molecule has 190 valence electrons. The van der Waals surface area contributed by atoms with Gasteiger partial charge in [0.25, 0.3) is 11.8 Å². The molecule has 1 saturated heterocycles. The quantitative estimate of drug-likeness (QED) is 0.533. The van der Waals surface area contributed by atoms with Crippen molar-refractivity contribution in [2.45, 2.75) is 18.6 Å². The lowest BCUT2D eigenvalue weighted by molar-refractivity contribution is -0.133. The Morgan fingerprint density at radius 3 is 2.47 bits per heavy atom. The molecule has 0 aliphatic carbocycles. The maximum absolute atomic E-state index is 12.4. The first-order valence-corrected chi connectivity index (χ1v) is 11.4. The average molecular weight is 496 g/mol. The van der Waals surface area contributed by atoms with Crippen LogP contribution in [0.15, 0.2) is 47.5 Å². The summed E-state index contributed by atoms with van der Waals surface area (Å²) >= 11 is 0. The lowest BCUT2D eigenvalue weighted by atomic mass is 10.1. The van der Waals surface area contributed by atoms with Crippen molar-refractivity contribution in [1.29, 1.82) is 0 Å². The third-order valence-corrected chi connectivity index (χ3v) is 6.12. The zero-order chi connectivity index (χ0) is 25.8. The van der Waals surface area contributed by atoms with Gasteiger partial charge in [0.05, 0.1) is 14.2 Å². The van der Waals surface area contributed by atoms with E-state index in [1.54, 1.807) is 45.5 Å². The minimum absolute atomic E-state index is 0.123. The number of nitrogens with one attached hydrogen (secondary N) is 2. The van der Waals surface area contributed by atoms with Crippen molar-refractivity contribution < 1.29 is 28.6 Å².